The first-order valence-electron chi connectivity index (χ1n) is 7.23. The van der Waals surface area contributed by atoms with Gasteiger partial charge in [0.1, 0.15) is 5.75 Å². The first-order valence-corrected chi connectivity index (χ1v) is 7.23. The molecular weight excluding hydrogens is 252 g/mol. The molecule has 20 heavy (non-hydrogen) atoms. The number of ether oxygens (including phenoxy) is 1. The van der Waals surface area contributed by atoms with Gasteiger partial charge in [0.15, 0.2) is 0 Å². The van der Waals surface area contributed by atoms with E-state index in [2.05, 4.69) is 24.5 Å². The first kappa shape index (κ1) is 16.5. The summed E-state index contributed by atoms with van der Waals surface area (Å²) in [5.41, 5.74) is 0.766. The Morgan fingerprint density at radius 2 is 2.00 bits per heavy atom. The molecule has 1 aromatic rings. The van der Waals surface area contributed by atoms with Gasteiger partial charge in [-0.1, -0.05) is 33.8 Å². The number of nitrogens with one attached hydrogen (secondary N) is 2. The number of carbonyl (C=O) groups is 1. The van der Waals surface area contributed by atoms with Crippen LogP contribution in [0.2, 0.25) is 0 Å². The maximum absolute atomic E-state index is 11.7. The highest BCUT2D eigenvalue weighted by Gasteiger charge is 2.04. The molecule has 0 fully saturated rings. The van der Waals surface area contributed by atoms with Crippen molar-refractivity contribution in [3.05, 3.63) is 24.3 Å². The molecule has 4 nitrogen and oxygen atoms in total. The standard InChI is InChI=1S/C16H26N2O2/c1-12(2)8-9-20-15-7-5-6-14(10-15)18-16(19)11-17-13(3)4/h5-7,10,12-13,17H,8-9,11H2,1-4H3,(H,18,19). The smallest absolute Gasteiger partial charge is 0.238 e. The normalized spacial score (nSPS) is 10.9. The van der Waals surface area contributed by atoms with Crippen molar-refractivity contribution in [1.29, 1.82) is 0 Å². The van der Waals surface area contributed by atoms with Crippen LogP contribution in [0.5, 0.6) is 5.75 Å². The van der Waals surface area contributed by atoms with E-state index in [0.29, 0.717) is 25.1 Å². The van der Waals surface area contributed by atoms with Crippen LogP contribution in [-0.4, -0.2) is 25.1 Å². The SMILES string of the molecule is CC(C)CCOc1cccc(NC(=O)CNC(C)C)c1. The number of amides is 1. The molecule has 0 saturated carbocycles. The van der Waals surface area contributed by atoms with E-state index in [0.717, 1.165) is 17.9 Å². The lowest BCUT2D eigenvalue weighted by atomic mass is 10.1. The molecule has 112 valence electrons. The second kappa shape index (κ2) is 8.59. The third kappa shape index (κ3) is 7.14. The van der Waals surface area contributed by atoms with Crippen molar-refractivity contribution in [2.45, 2.75) is 40.2 Å². The summed E-state index contributed by atoms with van der Waals surface area (Å²) in [4.78, 5) is 11.7. The molecule has 0 heterocycles. The molecule has 0 aliphatic heterocycles. The molecule has 0 radical (unpaired) electrons. The predicted octanol–water partition coefficient (Wildman–Crippen LogP) is 3.05. The predicted molar refractivity (Wildman–Crippen MR) is 83.2 cm³/mol. The summed E-state index contributed by atoms with van der Waals surface area (Å²) in [6, 6.07) is 7.81. The van der Waals surface area contributed by atoms with Gasteiger partial charge in [-0.2, -0.15) is 0 Å². The van der Waals surface area contributed by atoms with Gasteiger partial charge in [-0.05, 0) is 24.5 Å². The quantitative estimate of drug-likeness (QED) is 0.768. The fourth-order valence-electron chi connectivity index (χ4n) is 1.58. The van der Waals surface area contributed by atoms with Crippen molar-refractivity contribution < 1.29 is 9.53 Å². The summed E-state index contributed by atoms with van der Waals surface area (Å²) in [6.07, 6.45) is 1.02. The summed E-state index contributed by atoms with van der Waals surface area (Å²) in [5.74, 6) is 1.37. The Labute approximate surface area is 121 Å². The molecule has 1 amide bonds. The second-order valence-corrected chi connectivity index (χ2v) is 5.64. The molecule has 0 spiro atoms. The van der Waals surface area contributed by atoms with Crippen LogP contribution in [0.4, 0.5) is 5.69 Å². The van der Waals surface area contributed by atoms with Crippen molar-refractivity contribution in [2.75, 3.05) is 18.5 Å². The summed E-state index contributed by atoms with van der Waals surface area (Å²) in [6.45, 7) is 9.37. The Kier molecular flexibility index (Phi) is 7.09. The van der Waals surface area contributed by atoms with E-state index < -0.39 is 0 Å². The number of anilines is 1. The zero-order valence-electron chi connectivity index (χ0n) is 12.9. The average molecular weight is 278 g/mol. The third-order valence-corrected chi connectivity index (χ3v) is 2.75. The van der Waals surface area contributed by atoms with Gasteiger partial charge in [0.25, 0.3) is 0 Å². The Balaban J connectivity index is 2.44. The van der Waals surface area contributed by atoms with Gasteiger partial charge in [0, 0.05) is 17.8 Å². The monoisotopic (exact) mass is 278 g/mol. The van der Waals surface area contributed by atoms with Crippen LogP contribution in [-0.2, 0) is 4.79 Å². The van der Waals surface area contributed by atoms with Crippen molar-refractivity contribution >= 4 is 11.6 Å². The molecule has 2 N–H and O–H groups in total. The number of benzene rings is 1. The van der Waals surface area contributed by atoms with Gasteiger partial charge in [0.05, 0.1) is 13.2 Å². The Hall–Kier alpha value is -1.55. The van der Waals surface area contributed by atoms with Gasteiger partial charge in [-0.3, -0.25) is 4.79 Å². The van der Waals surface area contributed by atoms with E-state index >= 15 is 0 Å². The van der Waals surface area contributed by atoms with Gasteiger partial charge in [0.2, 0.25) is 5.91 Å². The molecule has 0 saturated heterocycles. The highest BCUT2D eigenvalue weighted by Crippen LogP contribution is 2.17. The summed E-state index contributed by atoms with van der Waals surface area (Å²) < 4.78 is 5.67. The maximum atomic E-state index is 11.7. The lowest BCUT2D eigenvalue weighted by Crippen LogP contribution is -2.32. The van der Waals surface area contributed by atoms with Crippen LogP contribution in [0, 0.1) is 5.92 Å². The van der Waals surface area contributed by atoms with Crippen molar-refractivity contribution in [3.8, 4) is 5.75 Å². The van der Waals surface area contributed by atoms with Gasteiger partial charge >= 0.3 is 0 Å². The van der Waals surface area contributed by atoms with Crippen LogP contribution in [0.15, 0.2) is 24.3 Å². The molecule has 4 heteroatoms. The lowest BCUT2D eigenvalue weighted by Gasteiger charge is -2.11. The van der Waals surface area contributed by atoms with Gasteiger partial charge < -0.3 is 15.4 Å². The van der Waals surface area contributed by atoms with Crippen LogP contribution in [0.3, 0.4) is 0 Å². The number of hydrogen-bond donors (Lipinski definition) is 2. The Morgan fingerprint density at radius 1 is 1.25 bits per heavy atom. The topological polar surface area (TPSA) is 50.4 Å². The Morgan fingerprint density at radius 3 is 2.65 bits per heavy atom. The minimum Gasteiger partial charge on any atom is -0.494 e. The van der Waals surface area contributed by atoms with Gasteiger partial charge in [-0.25, -0.2) is 0 Å². The minimum atomic E-state index is -0.0435. The van der Waals surface area contributed by atoms with Crippen molar-refractivity contribution in [1.82, 2.24) is 5.32 Å². The summed E-state index contributed by atoms with van der Waals surface area (Å²) in [7, 11) is 0. The number of rotatable bonds is 8. The summed E-state index contributed by atoms with van der Waals surface area (Å²) in [5, 5.41) is 5.94. The zero-order chi connectivity index (χ0) is 15.0. The summed E-state index contributed by atoms with van der Waals surface area (Å²) >= 11 is 0. The third-order valence-electron chi connectivity index (χ3n) is 2.75. The molecule has 0 aliphatic rings. The molecular formula is C16H26N2O2. The van der Waals surface area contributed by atoms with Crippen LogP contribution in [0.25, 0.3) is 0 Å². The van der Waals surface area contributed by atoms with E-state index in [1.165, 1.54) is 0 Å². The second-order valence-electron chi connectivity index (χ2n) is 5.64. The molecule has 0 atom stereocenters. The molecule has 0 unspecified atom stereocenters. The number of hydrogen-bond acceptors (Lipinski definition) is 3. The zero-order valence-corrected chi connectivity index (χ0v) is 12.9. The fraction of sp³-hybridized carbons (Fsp3) is 0.562. The van der Waals surface area contributed by atoms with E-state index in [-0.39, 0.29) is 5.91 Å². The molecule has 0 aromatic heterocycles. The molecule has 0 aliphatic carbocycles. The van der Waals surface area contributed by atoms with Crippen LogP contribution < -0.4 is 15.4 Å². The van der Waals surface area contributed by atoms with E-state index in [1.54, 1.807) is 0 Å². The molecule has 0 bridgehead atoms. The van der Waals surface area contributed by atoms with Gasteiger partial charge in [-0.15, -0.1) is 0 Å². The maximum Gasteiger partial charge on any atom is 0.238 e. The average Bonchev–Trinajstić information content (AvgIpc) is 2.36. The molecule has 1 rings (SSSR count). The van der Waals surface area contributed by atoms with Crippen molar-refractivity contribution in [2.24, 2.45) is 5.92 Å². The van der Waals surface area contributed by atoms with E-state index in [4.69, 9.17) is 4.74 Å². The molecule has 1 aromatic carbocycles. The highest BCUT2D eigenvalue weighted by atomic mass is 16.5. The minimum absolute atomic E-state index is 0.0435. The Bertz CT molecular complexity index is 417. The first-order chi connectivity index (χ1) is 9.47. The van der Waals surface area contributed by atoms with E-state index in [9.17, 15) is 4.79 Å². The van der Waals surface area contributed by atoms with Crippen LogP contribution >= 0.6 is 0 Å². The number of carbonyl (C=O) groups excluding carboxylic acids is 1. The van der Waals surface area contributed by atoms with Crippen LogP contribution in [0.1, 0.15) is 34.1 Å². The van der Waals surface area contributed by atoms with Crippen molar-refractivity contribution in [3.63, 3.8) is 0 Å². The highest BCUT2D eigenvalue weighted by molar-refractivity contribution is 5.92. The largest absolute Gasteiger partial charge is 0.494 e. The lowest BCUT2D eigenvalue weighted by molar-refractivity contribution is -0.115. The van der Waals surface area contributed by atoms with E-state index in [1.807, 2.05) is 38.1 Å². The fourth-order valence-corrected chi connectivity index (χ4v) is 1.58.